The van der Waals surface area contributed by atoms with Gasteiger partial charge in [0, 0.05) is 6.54 Å². The highest BCUT2D eigenvalue weighted by molar-refractivity contribution is 5.31. The van der Waals surface area contributed by atoms with Crippen LogP contribution >= 0.6 is 0 Å². The molecule has 0 saturated carbocycles. The van der Waals surface area contributed by atoms with Crippen molar-refractivity contribution in [1.29, 1.82) is 0 Å². The molecule has 0 radical (unpaired) electrons. The molecule has 1 atom stereocenters. The van der Waals surface area contributed by atoms with E-state index < -0.39 is 6.10 Å². The summed E-state index contributed by atoms with van der Waals surface area (Å²) in [6.45, 7) is 14.0. The molecule has 1 aromatic carbocycles. The molecular formula is C19H33NO2. The third-order valence-electron chi connectivity index (χ3n) is 3.71. The van der Waals surface area contributed by atoms with Gasteiger partial charge in [-0.05, 0) is 49.0 Å². The summed E-state index contributed by atoms with van der Waals surface area (Å²) in [7, 11) is 0. The summed E-state index contributed by atoms with van der Waals surface area (Å²) >= 11 is 0. The Morgan fingerprint density at radius 3 is 2.05 bits per heavy atom. The summed E-state index contributed by atoms with van der Waals surface area (Å²) in [5.74, 6) is 0.824. The molecule has 0 aliphatic carbocycles. The predicted molar refractivity (Wildman–Crippen MR) is 93.7 cm³/mol. The largest absolute Gasteiger partial charge is 0.491 e. The first-order valence-electron chi connectivity index (χ1n) is 8.50. The Hall–Kier alpha value is -1.06. The van der Waals surface area contributed by atoms with E-state index in [0.29, 0.717) is 13.2 Å². The maximum Gasteiger partial charge on any atom is 0.119 e. The van der Waals surface area contributed by atoms with Crippen LogP contribution in [0.4, 0.5) is 0 Å². The fourth-order valence-corrected chi connectivity index (χ4v) is 2.52. The maximum absolute atomic E-state index is 10.2. The molecule has 22 heavy (non-hydrogen) atoms. The molecule has 0 saturated heterocycles. The third-order valence-corrected chi connectivity index (χ3v) is 3.71. The molecule has 0 unspecified atom stereocenters. The fraction of sp³-hybridized carbons (Fsp3) is 0.684. The van der Waals surface area contributed by atoms with Crippen LogP contribution in [0.3, 0.4) is 0 Å². The van der Waals surface area contributed by atoms with Gasteiger partial charge >= 0.3 is 0 Å². The van der Waals surface area contributed by atoms with Crippen LogP contribution in [-0.4, -0.2) is 42.4 Å². The molecule has 0 bridgehead atoms. The zero-order valence-corrected chi connectivity index (χ0v) is 14.9. The third kappa shape index (κ3) is 6.80. The second kappa shape index (κ2) is 9.16. The molecular weight excluding hydrogens is 274 g/mol. The van der Waals surface area contributed by atoms with Gasteiger partial charge in [0.15, 0.2) is 0 Å². The minimum Gasteiger partial charge on any atom is -0.491 e. The summed E-state index contributed by atoms with van der Waals surface area (Å²) in [6.07, 6.45) is 1.78. The lowest BCUT2D eigenvalue weighted by Crippen LogP contribution is -2.36. The van der Waals surface area contributed by atoms with E-state index in [-0.39, 0.29) is 5.41 Å². The Kier molecular flexibility index (Phi) is 7.91. The van der Waals surface area contributed by atoms with E-state index in [1.54, 1.807) is 0 Å². The topological polar surface area (TPSA) is 32.7 Å². The number of nitrogens with zero attached hydrogens (tertiary/aromatic N) is 1. The number of rotatable bonds is 9. The molecule has 1 N–H and O–H groups in total. The number of benzene rings is 1. The smallest absolute Gasteiger partial charge is 0.119 e. The van der Waals surface area contributed by atoms with Crippen LogP contribution in [0.2, 0.25) is 0 Å². The first-order chi connectivity index (χ1) is 10.4. The highest BCUT2D eigenvalue weighted by atomic mass is 16.5. The first-order valence-corrected chi connectivity index (χ1v) is 8.50. The highest BCUT2D eigenvalue weighted by Gasteiger charge is 2.14. The molecule has 0 aliphatic heterocycles. The zero-order chi connectivity index (χ0) is 16.6. The number of hydrogen-bond acceptors (Lipinski definition) is 3. The van der Waals surface area contributed by atoms with Crippen LogP contribution in [-0.2, 0) is 5.41 Å². The van der Waals surface area contributed by atoms with Crippen molar-refractivity contribution >= 4 is 0 Å². The van der Waals surface area contributed by atoms with Gasteiger partial charge in [-0.1, -0.05) is 46.8 Å². The molecule has 0 aromatic heterocycles. The molecule has 0 amide bonds. The summed E-state index contributed by atoms with van der Waals surface area (Å²) in [5.41, 5.74) is 1.44. The number of aliphatic hydroxyl groups is 1. The van der Waals surface area contributed by atoms with Gasteiger partial charge in [0.2, 0.25) is 0 Å². The summed E-state index contributed by atoms with van der Waals surface area (Å²) < 4.78 is 5.72. The van der Waals surface area contributed by atoms with Crippen molar-refractivity contribution in [2.45, 2.75) is 59.0 Å². The van der Waals surface area contributed by atoms with Gasteiger partial charge in [0.1, 0.15) is 18.5 Å². The monoisotopic (exact) mass is 307 g/mol. The number of hydrogen-bond donors (Lipinski definition) is 1. The second-order valence-electron chi connectivity index (χ2n) is 7.04. The highest BCUT2D eigenvalue weighted by Crippen LogP contribution is 2.24. The fourth-order valence-electron chi connectivity index (χ4n) is 2.52. The van der Waals surface area contributed by atoms with Crippen LogP contribution < -0.4 is 4.74 Å². The average molecular weight is 307 g/mol. The normalized spacial score (nSPS) is 13.4. The predicted octanol–water partition coefficient (Wildman–Crippen LogP) is 3.85. The Labute approximate surface area is 136 Å². The molecule has 126 valence electrons. The van der Waals surface area contributed by atoms with Crippen LogP contribution in [0, 0.1) is 0 Å². The van der Waals surface area contributed by atoms with Crippen molar-refractivity contribution in [2.24, 2.45) is 0 Å². The van der Waals surface area contributed by atoms with Crippen LogP contribution in [0.25, 0.3) is 0 Å². The minimum atomic E-state index is -0.444. The van der Waals surface area contributed by atoms with Gasteiger partial charge < -0.3 is 14.7 Å². The van der Waals surface area contributed by atoms with E-state index in [0.717, 1.165) is 31.7 Å². The Morgan fingerprint density at radius 2 is 1.59 bits per heavy atom. The summed E-state index contributed by atoms with van der Waals surface area (Å²) in [6, 6.07) is 8.18. The lowest BCUT2D eigenvalue weighted by atomic mass is 9.87. The van der Waals surface area contributed by atoms with Gasteiger partial charge in [-0.2, -0.15) is 0 Å². The van der Waals surface area contributed by atoms with E-state index in [1.807, 2.05) is 12.1 Å². The van der Waals surface area contributed by atoms with E-state index in [2.05, 4.69) is 51.7 Å². The van der Waals surface area contributed by atoms with Gasteiger partial charge in [-0.3, -0.25) is 0 Å². The number of ether oxygens (including phenoxy) is 1. The molecule has 0 spiro atoms. The molecule has 3 nitrogen and oxygen atoms in total. The lowest BCUT2D eigenvalue weighted by molar-refractivity contribution is 0.0681. The average Bonchev–Trinajstić information content (AvgIpc) is 2.45. The molecule has 1 aromatic rings. The van der Waals surface area contributed by atoms with Crippen molar-refractivity contribution in [3.05, 3.63) is 29.8 Å². The SMILES string of the molecule is CCCN(CCC)C[C@@H](O)COc1ccc(C(C)(C)C)cc1. The quantitative estimate of drug-likeness (QED) is 0.752. The Balaban J connectivity index is 2.44. The first kappa shape index (κ1) is 19.0. The maximum atomic E-state index is 10.2. The van der Waals surface area contributed by atoms with Crippen molar-refractivity contribution in [2.75, 3.05) is 26.2 Å². The van der Waals surface area contributed by atoms with Gasteiger partial charge in [-0.25, -0.2) is 0 Å². The minimum absolute atomic E-state index is 0.152. The molecule has 0 fully saturated rings. The Bertz CT molecular complexity index is 402. The summed E-state index contributed by atoms with van der Waals surface area (Å²) in [5, 5.41) is 10.2. The van der Waals surface area contributed by atoms with Gasteiger partial charge in [-0.15, -0.1) is 0 Å². The van der Waals surface area contributed by atoms with Crippen LogP contribution in [0.5, 0.6) is 5.75 Å². The van der Waals surface area contributed by atoms with E-state index in [1.165, 1.54) is 5.56 Å². The van der Waals surface area contributed by atoms with Crippen LogP contribution in [0.1, 0.15) is 53.0 Å². The van der Waals surface area contributed by atoms with E-state index in [4.69, 9.17) is 4.74 Å². The number of aliphatic hydroxyl groups excluding tert-OH is 1. The summed E-state index contributed by atoms with van der Waals surface area (Å²) in [4.78, 5) is 2.30. The van der Waals surface area contributed by atoms with Crippen molar-refractivity contribution in [3.8, 4) is 5.75 Å². The molecule has 3 heteroatoms. The lowest BCUT2D eigenvalue weighted by Gasteiger charge is -2.24. The Morgan fingerprint density at radius 1 is 1.05 bits per heavy atom. The second-order valence-corrected chi connectivity index (χ2v) is 7.04. The van der Waals surface area contributed by atoms with Crippen LogP contribution in [0.15, 0.2) is 24.3 Å². The molecule has 0 heterocycles. The standard InChI is InChI=1S/C19H33NO2/c1-6-12-20(13-7-2)14-17(21)15-22-18-10-8-16(9-11-18)19(3,4)5/h8-11,17,21H,6-7,12-15H2,1-5H3/t17-/m1/s1. The molecule has 0 aliphatic rings. The van der Waals surface area contributed by atoms with Gasteiger partial charge in [0.25, 0.3) is 0 Å². The van der Waals surface area contributed by atoms with Gasteiger partial charge in [0.05, 0.1) is 0 Å². The van der Waals surface area contributed by atoms with Crippen molar-refractivity contribution < 1.29 is 9.84 Å². The van der Waals surface area contributed by atoms with E-state index >= 15 is 0 Å². The zero-order valence-electron chi connectivity index (χ0n) is 14.9. The van der Waals surface area contributed by atoms with Crippen molar-refractivity contribution in [3.63, 3.8) is 0 Å². The van der Waals surface area contributed by atoms with E-state index in [9.17, 15) is 5.11 Å². The van der Waals surface area contributed by atoms with Crippen molar-refractivity contribution in [1.82, 2.24) is 4.90 Å². The molecule has 1 rings (SSSR count).